The van der Waals surface area contributed by atoms with E-state index in [0.29, 0.717) is 22.9 Å². The van der Waals surface area contributed by atoms with Gasteiger partial charge in [0, 0.05) is 22.0 Å². The van der Waals surface area contributed by atoms with E-state index in [1.165, 1.54) is 7.05 Å². The number of benzene rings is 2. The number of halogens is 2. The molecule has 2 aromatic rings. The smallest absolute Gasteiger partial charge is 0.304 e. The second-order valence-electron chi connectivity index (χ2n) is 11.3. The number of nitrogens with one attached hydrogen (secondary N) is 1. The third kappa shape index (κ3) is 7.54. The van der Waals surface area contributed by atoms with E-state index in [1.54, 1.807) is 25.1 Å². The lowest BCUT2D eigenvalue weighted by Gasteiger charge is -2.53. The van der Waals surface area contributed by atoms with Gasteiger partial charge in [0.1, 0.15) is 0 Å². The summed E-state index contributed by atoms with van der Waals surface area (Å²) >= 11 is 12.6. The van der Waals surface area contributed by atoms with Crippen LogP contribution in [-0.4, -0.2) is 49.1 Å². The number of carbonyl (C=O) groups excluding carboxylic acids is 1. The average molecular weight is 598 g/mol. The van der Waals surface area contributed by atoms with Gasteiger partial charge in [-0.1, -0.05) is 75.2 Å². The zero-order valence-corrected chi connectivity index (χ0v) is 25.4. The van der Waals surface area contributed by atoms with E-state index in [0.717, 1.165) is 11.1 Å². The minimum atomic E-state index is -3.46. The van der Waals surface area contributed by atoms with Crippen LogP contribution in [0.2, 0.25) is 10.0 Å². The van der Waals surface area contributed by atoms with Crippen molar-refractivity contribution >= 4 is 45.1 Å². The van der Waals surface area contributed by atoms with E-state index in [4.69, 9.17) is 23.2 Å². The number of hydrogen-bond donors (Lipinski definition) is 2. The summed E-state index contributed by atoms with van der Waals surface area (Å²) in [7, 11) is -2.07. The molecule has 1 heterocycles. The number of hydrogen-bond acceptors (Lipinski definition) is 4. The Labute approximate surface area is 241 Å². The molecular weight excluding hydrogens is 559 g/mol. The number of likely N-dealkylation sites (tertiary alicyclic amines) is 1. The first-order valence-corrected chi connectivity index (χ1v) is 15.5. The minimum Gasteiger partial charge on any atom is -0.481 e. The number of carboxylic acids is 1. The first kappa shape index (κ1) is 31.4. The van der Waals surface area contributed by atoms with Crippen molar-refractivity contribution in [2.75, 3.05) is 12.8 Å². The molecule has 39 heavy (non-hydrogen) atoms. The van der Waals surface area contributed by atoms with E-state index < -0.39 is 27.4 Å². The quantitative estimate of drug-likeness (QED) is 0.324. The molecule has 10 heteroatoms. The van der Waals surface area contributed by atoms with Crippen molar-refractivity contribution in [1.82, 2.24) is 9.62 Å². The fraction of sp³-hybridized carbons (Fsp3) is 0.517. The fourth-order valence-corrected chi connectivity index (χ4v) is 7.27. The van der Waals surface area contributed by atoms with Gasteiger partial charge in [-0.05, 0) is 67.1 Å². The predicted molar refractivity (Wildman–Crippen MR) is 155 cm³/mol. The Morgan fingerprint density at radius 3 is 2.28 bits per heavy atom. The number of carboxylic acid groups (broad SMARTS) is 1. The highest BCUT2D eigenvalue weighted by Crippen LogP contribution is 2.53. The number of nitrogens with zero attached hydrogens (tertiary/aromatic N) is 1. The fourth-order valence-electron chi connectivity index (χ4n) is 5.89. The molecule has 0 aliphatic carbocycles. The van der Waals surface area contributed by atoms with Gasteiger partial charge in [0.25, 0.3) is 0 Å². The molecule has 1 aliphatic heterocycles. The molecule has 1 fully saturated rings. The Kier molecular flexibility index (Phi) is 10.1. The summed E-state index contributed by atoms with van der Waals surface area (Å²) in [5.74, 6) is -1.92. The lowest BCUT2D eigenvalue weighted by molar-refractivity contribution is -0.162. The third-order valence-electron chi connectivity index (χ3n) is 7.72. The molecule has 0 spiro atoms. The van der Waals surface area contributed by atoms with Crippen molar-refractivity contribution in [2.24, 2.45) is 17.3 Å². The predicted octanol–water partition coefficient (Wildman–Crippen LogP) is 6.13. The Morgan fingerprint density at radius 2 is 1.74 bits per heavy atom. The molecule has 0 radical (unpaired) electrons. The molecule has 1 unspecified atom stereocenters. The molecule has 1 amide bonds. The van der Waals surface area contributed by atoms with Gasteiger partial charge in [-0.2, -0.15) is 0 Å². The van der Waals surface area contributed by atoms with Gasteiger partial charge in [0.2, 0.25) is 15.9 Å². The maximum Gasteiger partial charge on any atom is 0.304 e. The van der Waals surface area contributed by atoms with Crippen LogP contribution in [-0.2, 0) is 19.6 Å². The highest BCUT2D eigenvalue weighted by molar-refractivity contribution is 7.89. The second kappa shape index (κ2) is 12.6. The SMILES string of the molecule is CNS(=O)(=O)CC(C)C[C@@H](C(C)C)N1C(=O)[C@@](C)(CC(=O)O)C[C@H](c2cccc(Cl)c2)[C@H]1c1ccc(Cl)cc1. The zero-order chi connectivity index (χ0) is 29.1. The van der Waals surface area contributed by atoms with Gasteiger partial charge in [-0.25, -0.2) is 13.1 Å². The normalized spacial score (nSPS) is 23.6. The minimum absolute atomic E-state index is 0.0318. The molecule has 3 rings (SSSR count). The summed E-state index contributed by atoms with van der Waals surface area (Å²) in [5, 5.41) is 10.9. The largest absolute Gasteiger partial charge is 0.481 e. The van der Waals surface area contributed by atoms with Crippen LogP contribution in [0.3, 0.4) is 0 Å². The van der Waals surface area contributed by atoms with Crippen LogP contribution < -0.4 is 4.72 Å². The maximum absolute atomic E-state index is 14.4. The average Bonchev–Trinajstić information content (AvgIpc) is 2.84. The van der Waals surface area contributed by atoms with Gasteiger partial charge in [0.15, 0.2) is 0 Å². The van der Waals surface area contributed by atoms with Crippen LogP contribution in [0.1, 0.15) is 70.0 Å². The Morgan fingerprint density at radius 1 is 1.10 bits per heavy atom. The van der Waals surface area contributed by atoms with Crippen LogP contribution >= 0.6 is 23.2 Å². The van der Waals surface area contributed by atoms with Crippen LogP contribution in [0, 0.1) is 17.3 Å². The molecule has 1 aliphatic rings. The first-order valence-electron chi connectivity index (χ1n) is 13.1. The summed E-state index contributed by atoms with van der Waals surface area (Å²) in [4.78, 5) is 28.3. The van der Waals surface area contributed by atoms with E-state index in [1.807, 2.05) is 56.0 Å². The van der Waals surface area contributed by atoms with Crippen LogP contribution in [0.25, 0.3) is 0 Å². The monoisotopic (exact) mass is 596 g/mol. The van der Waals surface area contributed by atoms with Crippen molar-refractivity contribution in [2.45, 2.75) is 65.0 Å². The molecule has 5 atom stereocenters. The molecule has 0 bridgehead atoms. The summed E-state index contributed by atoms with van der Waals surface area (Å²) in [6, 6.07) is 14.1. The highest BCUT2D eigenvalue weighted by atomic mass is 35.5. The molecule has 0 aromatic heterocycles. The third-order valence-corrected chi connectivity index (χ3v) is 9.83. The van der Waals surface area contributed by atoms with E-state index in [9.17, 15) is 23.1 Å². The van der Waals surface area contributed by atoms with E-state index >= 15 is 0 Å². The van der Waals surface area contributed by atoms with Gasteiger partial charge in [0.05, 0.1) is 23.6 Å². The zero-order valence-electron chi connectivity index (χ0n) is 23.0. The molecule has 2 aromatic carbocycles. The molecule has 214 valence electrons. The molecule has 1 saturated heterocycles. The number of amides is 1. The van der Waals surface area contributed by atoms with Crippen LogP contribution in [0.5, 0.6) is 0 Å². The number of rotatable bonds is 11. The summed E-state index contributed by atoms with van der Waals surface area (Å²) in [5.41, 5.74) is 0.607. The van der Waals surface area contributed by atoms with Gasteiger partial charge >= 0.3 is 5.97 Å². The Balaban J connectivity index is 2.22. The van der Waals surface area contributed by atoms with Crippen molar-refractivity contribution in [3.05, 3.63) is 69.7 Å². The van der Waals surface area contributed by atoms with Gasteiger partial charge in [-0.3, -0.25) is 9.59 Å². The highest BCUT2D eigenvalue weighted by Gasteiger charge is 2.53. The Hall–Kier alpha value is -2.13. The summed E-state index contributed by atoms with van der Waals surface area (Å²) in [6.45, 7) is 7.60. The number of sulfonamides is 1. The first-order chi connectivity index (χ1) is 18.2. The Bertz CT molecular complexity index is 1280. The van der Waals surface area contributed by atoms with E-state index in [-0.39, 0.29) is 41.9 Å². The lowest BCUT2D eigenvalue weighted by atomic mass is 9.66. The van der Waals surface area contributed by atoms with Gasteiger partial charge < -0.3 is 10.0 Å². The molecule has 0 saturated carbocycles. The van der Waals surface area contributed by atoms with Gasteiger partial charge in [-0.15, -0.1) is 0 Å². The van der Waals surface area contributed by atoms with Crippen molar-refractivity contribution < 1.29 is 23.1 Å². The van der Waals surface area contributed by atoms with Crippen LogP contribution in [0.4, 0.5) is 0 Å². The number of piperidine rings is 1. The number of carbonyl (C=O) groups is 2. The van der Waals surface area contributed by atoms with Crippen molar-refractivity contribution in [1.29, 1.82) is 0 Å². The van der Waals surface area contributed by atoms with Crippen molar-refractivity contribution in [3.8, 4) is 0 Å². The summed E-state index contributed by atoms with van der Waals surface area (Å²) < 4.78 is 27.0. The molecule has 2 N–H and O–H groups in total. The second-order valence-corrected chi connectivity index (χ2v) is 14.2. The lowest BCUT2D eigenvalue weighted by Crippen LogP contribution is -2.57. The molecular formula is C29H38Cl2N2O5S. The topological polar surface area (TPSA) is 104 Å². The molecule has 7 nitrogen and oxygen atoms in total. The summed E-state index contributed by atoms with van der Waals surface area (Å²) in [6.07, 6.45) is 0.428. The maximum atomic E-state index is 14.4. The standard InChI is InChI=1S/C29H38Cl2N2O5S/c1-18(2)25(13-19(3)17-39(37,38)32-5)33-27(20-9-11-22(30)12-10-20)24(21-7-6-8-23(31)14-21)15-29(4,28(33)36)16-26(34)35/h6-12,14,18-19,24-25,27,32H,13,15-17H2,1-5H3,(H,34,35)/t19?,24-,25+,27-,29-/m1/s1. The van der Waals surface area contributed by atoms with E-state index in [2.05, 4.69) is 4.72 Å². The van der Waals surface area contributed by atoms with Crippen LogP contribution in [0.15, 0.2) is 48.5 Å². The number of aliphatic carboxylic acids is 1. The van der Waals surface area contributed by atoms with Crippen molar-refractivity contribution in [3.63, 3.8) is 0 Å².